The Kier molecular flexibility index (Phi) is 11.4. The summed E-state index contributed by atoms with van der Waals surface area (Å²) in [6.45, 7) is 10.7. The van der Waals surface area contributed by atoms with Crippen LogP contribution in [0, 0.1) is 20.8 Å². The van der Waals surface area contributed by atoms with Crippen LogP contribution < -0.4 is 9.62 Å². The van der Waals surface area contributed by atoms with Crippen molar-refractivity contribution in [1.82, 2.24) is 10.2 Å². The van der Waals surface area contributed by atoms with Crippen LogP contribution in [0.5, 0.6) is 0 Å². The Balaban J connectivity index is 1.86. The molecule has 0 fully saturated rings. The summed E-state index contributed by atoms with van der Waals surface area (Å²) in [5, 5.41) is 3.68. The van der Waals surface area contributed by atoms with Crippen molar-refractivity contribution in [3.63, 3.8) is 0 Å². The minimum Gasteiger partial charge on any atom is -0.350 e. The zero-order valence-corrected chi connectivity index (χ0v) is 29.9. The van der Waals surface area contributed by atoms with Gasteiger partial charge in [0.1, 0.15) is 12.6 Å². The number of halogens is 2. The van der Waals surface area contributed by atoms with E-state index in [1.807, 2.05) is 77.9 Å². The first-order valence-electron chi connectivity index (χ1n) is 15.3. The van der Waals surface area contributed by atoms with Gasteiger partial charge in [0.25, 0.3) is 10.0 Å². The van der Waals surface area contributed by atoms with E-state index in [0.29, 0.717) is 21.3 Å². The lowest BCUT2D eigenvalue weighted by Crippen LogP contribution is -2.56. The molecular formula is C37H41Cl2N3O4S. The number of carbonyl (C=O) groups excluding carboxylic acids is 2. The van der Waals surface area contributed by atoms with Crippen LogP contribution >= 0.6 is 23.2 Å². The van der Waals surface area contributed by atoms with Crippen molar-refractivity contribution in [2.45, 2.75) is 71.0 Å². The van der Waals surface area contributed by atoms with E-state index < -0.39 is 34.1 Å². The van der Waals surface area contributed by atoms with Crippen molar-refractivity contribution in [1.29, 1.82) is 0 Å². The molecule has 0 aliphatic carbocycles. The number of nitrogens with zero attached hydrogens (tertiary/aromatic N) is 2. The highest BCUT2D eigenvalue weighted by Gasteiger charge is 2.35. The van der Waals surface area contributed by atoms with Gasteiger partial charge in [0.2, 0.25) is 11.8 Å². The number of hydrogen-bond donors (Lipinski definition) is 1. The van der Waals surface area contributed by atoms with Crippen molar-refractivity contribution in [3.05, 3.63) is 129 Å². The molecule has 1 N–H and O–H groups in total. The second-order valence-electron chi connectivity index (χ2n) is 12.9. The molecule has 0 heterocycles. The average Bonchev–Trinajstić information content (AvgIpc) is 2.98. The summed E-state index contributed by atoms with van der Waals surface area (Å²) in [6.07, 6.45) is 0.198. The Morgan fingerprint density at radius 3 is 1.96 bits per heavy atom. The van der Waals surface area contributed by atoms with E-state index in [1.54, 1.807) is 42.5 Å². The highest BCUT2D eigenvalue weighted by Crippen LogP contribution is 2.28. The zero-order valence-electron chi connectivity index (χ0n) is 27.6. The van der Waals surface area contributed by atoms with E-state index in [1.165, 1.54) is 17.0 Å². The van der Waals surface area contributed by atoms with E-state index in [4.69, 9.17) is 23.2 Å². The molecule has 10 heteroatoms. The lowest BCUT2D eigenvalue weighted by molar-refractivity contribution is -0.140. The summed E-state index contributed by atoms with van der Waals surface area (Å²) in [6, 6.07) is 25.4. The van der Waals surface area contributed by atoms with Gasteiger partial charge in [-0.1, -0.05) is 83.4 Å². The lowest BCUT2D eigenvalue weighted by Gasteiger charge is -2.35. The standard InChI is InChI=1S/C37H41Cl2N3O4S/c1-25-12-15-31(16-13-25)47(45,46)42(30-19-26(2)18-27(3)20-30)24-35(43)41(23-29-14-17-32(38)33(39)21-29)34(36(44)40-37(4,5)6)22-28-10-8-7-9-11-28/h7-21,34H,22-24H2,1-6H3,(H,40,44)/t34-/m1/s1. The van der Waals surface area contributed by atoms with Crippen LogP contribution in [0.2, 0.25) is 10.0 Å². The van der Waals surface area contributed by atoms with Gasteiger partial charge >= 0.3 is 0 Å². The minimum absolute atomic E-state index is 0.0178. The highest BCUT2D eigenvalue weighted by atomic mass is 35.5. The maximum atomic E-state index is 14.7. The average molecular weight is 695 g/mol. The van der Waals surface area contributed by atoms with Gasteiger partial charge < -0.3 is 10.2 Å². The molecule has 4 aromatic carbocycles. The smallest absolute Gasteiger partial charge is 0.264 e. The second-order valence-corrected chi connectivity index (χ2v) is 15.6. The number of nitrogens with one attached hydrogen (secondary N) is 1. The van der Waals surface area contributed by atoms with E-state index in [9.17, 15) is 18.0 Å². The lowest BCUT2D eigenvalue weighted by atomic mass is 10.0. The number of hydrogen-bond acceptors (Lipinski definition) is 4. The molecule has 0 aromatic heterocycles. The maximum absolute atomic E-state index is 14.7. The van der Waals surface area contributed by atoms with Crippen LogP contribution in [0.4, 0.5) is 5.69 Å². The molecule has 248 valence electrons. The first kappa shape index (κ1) is 36.0. The fourth-order valence-corrected chi connectivity index (χ4v) is 7.02. The third kappa shape index (κ3) is 9.60. The van der Waals surface area contributed by atoms with Gasteiger partial charge in [-0.25, -0.2) is 8.42 Å². The predicted octanol–water partition coefficient (Wildman–Crippen LogP) is 7.67. The van der Waals surface area contributed by atoms with E-state index in [2.05, 4.69) is 5.32 Å². The summed E-state index contributed by atoms with van der Waals surface area (Å²) < 4.78 is 29.7. The molecule has 4 rings (SSSR count). The summed E-state index contributed by atoms with van der Waals surface area (Å²) in [5.41, 5.74) is 3.82. The number of benzene rings is 4. The van der Waals surface area contributed by atoms with Crippen LogP contribution in [0.15, 0.2) is 95.9 Å². The molecule has 4 aromatic rings. The fourth-order valence-electron chi connectivity index (χ4n) is 5.30. The molecule has 47 heavy (non-hydrogen) atoms. The van der Waals surface area contributed by atoms with Crippen LogP contribution in [-0.2, 0) is 32.6 Å². The largest absolute Gasteiger partial charge is 0.350 e. The third-order valence-corrected chi connectivity index (χ3v) is 10.0. The summed E-state index contributed by atoms with van der Waals surface area (Å²) in [7, 11) is -4.21. The second kappa shape index (κ2) is 14.9. The SMILES string of the molecule is Cc1ccc(S(=O)(=O)N(CC(=O)N(Cc2ccc(Cl)c(Cl)c2)[C@H](Cc2ccccc2)C(=O)NC(C)(C)C)c2cc(C)cc(C)c2)cc1. The van der Waals surface area contributed by atoms with Crippen molar-refractivity contribution in [2.24, 2.45) is 0 Å². The molecule has 0 aliphatic heterocycles. The van der Waals surface area contributed by atoms with Gasteiger partial charge in [-0.2, -0.15) is 0 Å². The van der Waals surface area contributed by atoms with Crippen molar-refractivity contribution in [2.75, 3.05) is 10.8 Å². The molecule has 2 amide bonds. The van der Waals surface area contributed by atoms with Crippen molar-refractivity contribution < 1.29 is 18.0 Å². The van der Waals surface area contributed by atoms with Crippen LogP contribution in [0.25, 0.3) is 0 Å². The van der Waals surface area contributed by atoms with Gasteiger partial charge in [-0.3, -0.25) is 13.9 Å². The quantitative estimate of drug-likeness (QED) is 0.175. The van der Waals surface area contributed by atoms with Crippen molar-refractivity contribution in [3.8, 4) is 0 Å². The Hall–Kier alpha value is -3.85. The monoisotopic (exact) mass is 693 g/mol. The topological polar surface area (TPSA) is 86.8 Å². The minimum atomic E-state index is -4.21. The molecule has 0 saturated carbocycles. The van der Waals surface area contributed by atoms with Gasteiger partial charge in [0.05, 0.1) is 20.6 Å². The van der Waals surface area contributed by atoms with Gasteiger partial charge in [0, 0.05) is 18.5 Å². The Morgan fingerprint density at radius 1 is 0.766 bits per heavy atom. The van der Waals surface area contributed by atoms with Gasteiger partial charge in [0.15, 0.2) is 0 Å². The Bertz CT molecular complexity index is 1820. The normalized spacial score (nSPS) is 12.3. The van der Waals surface area contributed by atoms with E-state index in [0.717, 1.165) is 26.6 Å². The molecule has 0 unspecified atom stereocenters. The first-order chi connectivity index (χ1) is 22.0. The molecule has 0 spiro atoms. The van der Waals surface area contributed by atoms with Crippen molar-refractivity contribution >= 4 is 50.7 Å². The predicted molar refractivity (Wildman–Crippen MR) is 190 cm³/mol. The molecule has 7 nitrogen and oxygen atoms in total. The highest BCUT2D eigenvalue weighted by molar-refractivity contribution is 7.92. The maximum Gasteiger partial charge on any atom is 0.264 e. The summed E-state index contributed by atoms with van der Waals surface area (Å²) >= 11 is 12.6. The van der Waals surface area contributed by atoms with Crippen LogP contribution in [0.1, 0.15) is 48.6 Å². The van der Waals surface area contributed by atoms with E-state index in [-0.39, 0.29) is 23.8 Å². The van der Waals surface area contributed by atoms with Crippen LogP contribution in [0.3, 0.4) is 0 Å². The number of aryl methyl sites for hydroxylation is 3. The molecule has 1 atom stereocenters. The number of anilines is 1. The molecular weight excluding hydrogens is 653 g/mol. The fraction of sp³-hybridized carbons (Fsp3) is 0.297. The van der Waals surface area contributed by atoms with Gasteiger partial charge in [-0.15, -0.1) is 0 Å². The zero-order chi connectivity index (χ0) is 34.5. The molecule has 0 bridgehead atoms. The summed E-state index contributed by atoms with van der Waals surface area (Å²) in [4.78, 5) is 30.2. The number of amides is 2. The Labute approximate surface area is 288 Å². The Morgan fingerprint density at radius 2 is 1.38 bits per heavy atom. The summed E-state index contributed by atoms with van der Waals surface area (Å²) in [5.74, 6) is -0.926. The van der Waals surface area contributed by atoms with E-state index >= 15 is 0 Å². The van der Waals surface area contributed by atoms with Gasteiger partial charge in [-0.05, 0) is 100 Å². The number of rotatable bonds is 11. The van der Waals surface area contributed by atoms with Crippen LogP contribution in [-0.4, -0.2) is 43.3 Å². The number of sulfonamides is 1. The molecule has 0 radical (unpaired) electrons. The molecule has 0 saturated heterocycles. The number of carbonyl (C=O) groups is 2. The third-order valence-electron chi connectivity index (χ3n) is 7.49. The molecule has 0 aliphatic rings. The first-order valence-corrected chi connectivity index (χ1v) is 17.5.